The van der Waals surface area contributed by atoms with Gasteiger partial charge in [0.25, 0.3) is 0 Å². The molecule has 1 aromatic heterocycles. The fraction of sp³-hybridized carbons (Fsp3) is 0.471. The van der Waals surface area contributed by atoms with Crippen molar-refractivity contribution >= 4 is 16.6 Å². The summed E-state index contributed by atoms with van der Waals surface area (Å²) in [5, 5.41) is 1.05. The van der Waals surface area contributed by atoms with Crippen molar-refractivity contribution in [2.45, 2.75) is 45.4 Å². The first-order valence-corrected chi connectivity index (χ1v) is 7.58. The van der Waals surface area contributed by atoms with Gasteiger partial charge in [0.1, 0.15) is 0 Å². The van der Waals surface area contributed by atoms with E-state index in [2.05, 4.69) is 11.9 Å². The molecule has 108 valence electrons. The summed E-state index contributed by atoms with van der Waals surface area (Å²) in [5.74, 6) is 0.704. The van der Waals surface area contributed by atoms with Gasteiger partial charge in [0, 0.05) is 17.1 Å². The topological polar surface area (TPSA) is 48.1 Å². The van der Waals surface area contributed by atoms with E-state index in [0.29, 0.717) is 5.88 Å². The van der Waals surface area contributed by atoms with Crippen molar-refractivity contribution in [3.05, 3.63) is 30.3 Å². The molecule has 2 rings (SSSR count). The van der Waals surface area contributed by atoms with Crippen molar-refractivity contribution in [1.82, 2.24) is 4.98 Å². The maximum atomic E-state index is 5.75. The standard InChI is InChI=1S/C17H24N2O/c1-2-3-4-5-6-7-12-20-17-11-8-14-13-15(18)9-10-16(14)19-17/h8-11,13H,2-7,12,18H2,1H3. The number of nitrogens with zero attached hydrogens (tertiary/aromatic N) is 1. The predicted molar refractivity (Wildman–Crippen MR) is 85.0 cm³/mol. The van der Waals surface area contributed by atoms with E-state index in [1.165, 1.54) is 32.1 Å². The zero-order valence-electron chi connectivity index (χ0n) is 12.3. The molecule has 0 aliphatic rings. The molecule has 1 aromatic carbocycles. The Morgan fingerprint density at radius 1 is 1.00 bits per heavy atom. The van der Waals surface area contributed by atoms with E-state index in [1.54, 1.807) is 0 Å². The Balaban J connectivity index is 1.77. The van der Waals surface area contributed by atoms with Gasteiger partial charge < -0.3 is 10.5 Å². The number of anilines is 1. The second-order valence-electron chi connectivity index (χ2n) is 5.22. The molecule has 2 aromatic rings. The number of hydrogen-bond donors (Lipinski definition) is 1. The zero-order chi connectivity index (χ0) is 14.2. The first-order valence-electron chi connectivity index (χ1n) is 7.58. The number of hydrogen-bond acceptors (Lipinski definition) is 3. The molecule has 1 heterocycles. The van der Waals surface area contributed by atoms with Crippen molar-refractivity contribution in [2.24, 2.45) is 0 Å². The molecule has 0 bridgehead atoms. The van der Waals surface area contributed by atoms with Crippen LogP contribution in [-0.4, -0.2) is 11.6 Å². The lowest BCUT2D eigenvalue weighted by Crippen LogP contribution is -1.99. The summed E-state index contributed by atoms with van der Waals surface area (Å²) in [7, 11) is 0. The fourth-order valence-electron chi connectivity index (χ4n) is 2.26. The van der Waals surface area contributed by atoms with E-state index in [4.69, 9.17) is 10.5 Å². The van der Waals surface area contributed by atoms with Gasteiger partial charge in [0.2, 0.25) is 5.88 Å². The number of fused-ring (bicyclic) bond motifs is 1. The Labute approximate surface area is 121 Å². The number of rotatable bonds is 8. The number of pyridine rings is 1. The summed E-state index contributed by atoms with van der Waals surface area (Å²) in [6.45, 7) is 2.99. The highest BCUT2D eigenvalue weighted by molar-refractivity contribution is 5.82. The highest BCUT2D eigenvalue weighted by Crippen LogP contribution is 2.19. The minimum Gasteiger partial charge on any atom is -0.478 e. The zero-order valence-corrected chi connectivity index (χ0v) is 12.3. The van der Waals surface area contributed by atoms with Gasteiger partial charge in [-0.2, -0.15) is 0 Å². The Kier molecular flexibility index (Phi) is 5.66. The lowest BCUT2D eigenvalue weighted by molar-refractivity contribution is 0.294. The molecule has 0 aliphatic heterocycles. The molecule has 3 nitrogen and oxygen atoms in total. The Morgan fingerprint density at radius 3 is 2.65 bits per heavy atom. The molecule has 0 spiro atoms. The van der Waals surface area contributed by atoms with Crippen LogP contribution in [0.5, 0.6) is 5.88 Å². The molecule has 0 fully saturated rings. The van der Waals surface area contributed by atoms with Crippen LogP contribution in [0.15, 0.2) is 30.3 Å². The summed E-state index contributed by atoms with van der Waals surface area (Å²) in [4.78, 5) is 4.49. The van der Waals surface area contributed by atoms with Crippen molar-refractivity contribution < 1.29 is 4.74 Å². The minimum atomic E-state index is 0.704. The summed E-state index contributed by atoms with van der Waals surface area (Å²) in [6.07, 6.45) is 7.63. The smallest absolute Gasteiger partial charge is 0.213 e. The summed E-state index contributed by atoms with van der Waals surface area (Å²) < 4.78 is 5.71. The third-order valence-corrected chi connectivity index (χ3v) is 3.44. The molecule has 3 heteroatoms. The normalized spacial score (nSPS) is 10.8. The van der Waals surface area contributed by atoms with Crippen LogP contribution >= 0.6 is 0 Å². The van der Waals surface area contributed by atoms with E-state index in [0.717, 1.165) is 29.6 Å². The van der Waals surface area contributed by atoms with E-state index in [-0.39, 0.29) is 0 Å². The van der Waals surface area contributed by atoms with E-state index >= 15 is 0 Å². The second kappa shape index (κ2) is 7.73. The average molecular weight is 272 g/mol. The van der Waals surface area contributed by atoms with Gasteiger partial charge in [-0.05, 0) is 30.7 Å². The van der Waals surface area contributed by atoms with Crippen molar-refractivity contribution in [1.29, 1.82) is 0 Å². The monoisotopic (exact) mass is 272 g/mol. The molecule has 0 unspecified atom stereocenters. The van der Waals surface area contributed by atoms with Gasteiger partial charge >= 0.3 is 0 Å². The van der Waals surface area contributed by atoms with Crippen LogP contribution in [0.25, 0.3) is 10.9 Å². The van der Waals surface area contributed by atoms with Crippen molar-refractivity contribution in [2.75, 3.05) is 12.3 Å². The van der Waals surface area contributed by atoms with Gasteiger partial charge in [0.15, 0.2) is 0 Å². The van der Waals surface area contributed by atoms with Crippen LogP contribution in [0, 0.1) is 0 Å². The highest BCUT2D eigenvalue weighted by Gasteiger charge is 2.00. The number of nitrogens with two attached hydrogens (primary N) is 1. The van der Waals surface area contributed by atoms with E-state index in [9.17, 15) is 0 Å². The van der Waals surface area contributed by atoms with Crippen LogP contribution in [0.1, 0.15) is 45.4 Å². The largest absolute Gasteiger partial charge is 0.478 e. The lowest BCUT2D eigenvalue weighted by Gasteiger charge is -2.06. The fourth-order valence-corrected chi connectivity index (χ4v) is 2.26. The summed E-state index contributed by atoms with van der Waals surface area (Å²) in [5.41, 5.74) is 7.45. The Bertz CT molecular complexity index is 540. The molecule has 0 saturated carbocycles. The predicted octanol–water partition coefficient (Wildman–Crippen LogP) is 4.56. The molecule has 0 radical (unpaired) electrons. The Morgan fingerprint density at radius 2 is 1.80 bits per heavy atom. The first kappa shape index (κ1) is 14.6. The molecule has 0 amide bonds. The van der Waals surface area contributed by atoms with Gasteiger partial charge in [-0.15, -0.1) is 0 Å². The number of aromatic nitrogens is 1. The summed E-state index contributed by atoms with van der Waals surface area (Å²) in [6, 6.07) is 9.66. The SMILES string of the molecule is CCCCCCCCOc1ccc2cc(N)ccc2n1. The molecule has 2 N–H and O–H groups in total. The quantitative estimate of drug-likeness (QED) is 0.566. The number of nitrogen functional groups attached to an aromatic ring is 1. The van der Waals surface area contributed by atoms with Gasteiger partial charge in [0.05, 0.1) is 12.1 Å². The van der Waals surface area contributed by atoms with Gasteiger partial charge in [-0.25, -0.2) is 4.98 Å². The molecule has 0 saturated heterocycles. The minimum absolute atomic E-state index is 0.704. The van der Waals surface area contributed by atoms with Crippen LogP contribution in [0.2, 0.25) is 0 Å². The molecule has 0 aliphatic carbocycles. The van der Waals surface area contributed by atoms with Gasteiger partial charge in [-0.1, -0.05) is 39.0 Å². The van der Waals surface area contributed by atoms with Gasteiger partial charge in [-0.3, -0.25) is 0 Å². The number of unbranched alkanes of at least 4 members (excludes halogenated alkanes) is 5. The number of benzene rings is 1. The maximum absolute atomic E-state index is 5.75. The van der Waals surface area contributed by atoms with Crippen molar-refractivity contribution in [3.8, 4) is 5.88 Å². The third-order valence-electron chi connectivity index (χ3n) is 3.44. The maximum Gasteiger partial charge on any atom is 0.213 e. The van der Waals surface area contributed by atoms with Crippen LogP contribution < -0.4 is 10.5 Å². The van der Waals surface area contributed by atoms with Crippen LogP contribution in [-0.2, 0) is 0 Å². The molecular formula is C17H24N2O. The van der Waals surface area contributed by atoms with Crippen LogP contribution in [0.4, 0.5) is 5.69 Å². The molecule has 20 heavy (non-hydrogen) atoms. The van der Waals surface area contributed by atoms with Crippen molar-refractivity contribution in [3.63, 3.8) is 0 Å². The lowest BCUT2D eigenvalue weighted by atomic mass is 10.1. The molecule has 0 atom stereocenters. The molecular weight excluding hydrogens is 248 g/mol. The second-order valence-corrected chi connectivity index (χ2v) is 5.22. The van der Waals surface area contributed by atoms with E-state index in [1.807, 2.05) is 30.3 Å². The average Bonchev–Trinajstić information content (AvgIpc) is 2.46. The third kappa shape index (κ3) is 4.41. The van der Waals surface area contributed by atoms with Crippen LogP contribution in [0.3, 0.4) is 0 Å². The van der Waals surface area contributed by atoms with E-state index < -0.39 is 0 Å². The highest BCUT2D eigenvalue weighted by atomic mass is 16.5. The Hall–Kier alpha value is -1.77. The first-order chi connectivity index (χ1) is 9.79. The summed E-state index contributed by atoms with van der Waals surface area (Å²) >= 11 is 0. The number of ether oxygens (including phenoxy) is 1.